The zero-order valence-corrected chi connectivity index (χ0v) is 18.8. The summed E-state index contributed by atoms with van der Waals surface area (Å²) in [6.07, 6.45) is 0.142. The topological polar surface area (TPSA) is 166 Å². The lowest BCUT2D eigenvalue weighted by Crippen LogP contribution is -2.37. The highest BCUT2D eigenvalue weighted by atomic mass is 19.3. The number of ether oxygens (including phenoxy) is 2. The van der Waals surface area contributed by atoms with Crippen LogP contribution in [-0.2, 0) is 9.47 Å². The molecule has 0 saturated carbocycles. The lowest BCUT2D eigenvalue weighted by molar-refractivity contribution is 0.0341. The summed E-state index contributed by atoms with van der Waals surface area (Å²) in [7, 11) is 0. The third-order valence-corrected chi connectivity index (χ3v) is 5.24. The molecule has 2 aromatic rings. The third-order valence-electron chi connectivity index (χ3n) is 5.24. The Kier molecular flexibility index (Phi) is 9.19. The zero-order valence-electron chi connectivity index (χ0n) is 18.8. The minimum absolute atomic E-state index is 0.0125. The van der Waals surface area contributed by atoms with Gasteiger partial charge >= 0.3 is 6.09 Å². The van der Waals surface area contributed by atoms with E-state index in [0.29, 0.717) is 57.3 Å². The van der Waals surface area contributed by atoms with Gasteiger partial charge in [-0.05, 0) is 6.42 Å². The van der Waals surface area contributed by atoms with Gasteiger partial charge < -0.3 is 35.8 Å². The van der Waals surface area contributed by atoms with Crippen molar-refractivity contribution < 1.29 is 32.5 Å². The van der Waals surface area contributed by atoms with Crippen molar-refractivity contribution in [2.75, 3.05) is 69.0 Å². The van der Waals surface area contributed by atoms with Gasteiger partial charge in [-0.3, -0.25) is 0 Å². The van der Waals surface area contributed by atoms with Gasteiger partial charge in [0.1, 0.15) is 5.69 Å². The van der Waals surface area contributed by atoms with Crippen LogP contribution in [0.4, 0.5) is 35.7 Å². The van der Waals surface area contributed by atoms with E-state index < -0.39 is 24.9 Å². The fourth-order valence-corrected chi connectivity index (χ4v) is 3.38. The molecule has 5 N–H and O–H groups in total. The minimum Gasteiger partial charge on any atom is -0.443 e. The van der Waals surface area contributed by atoms with Crippen LogP contribution in [0.15, 0.2) is 12.4 Å². The minimum atomic E-state index is -2.63. The molecule has 12 nitrogen and oxygen atoms in total. The Bertz CT molecular complexity index is 980. The van der Waals surface area contributed by atoms with Crippen LogP contribution in [0.2, 0.25) is 0 Å². The molecule has 0 aliphatic carbocycles. The number of amides is 1. The van der Waals surface area contributed by atoms with Gasteiger partial charge in [0.15, 0.2) is 18.2 Å². The molecule has 0 spiro atoms. The normalized spacial score (nSPS) is 17.8. The largest absolute Gasteiger partial charge is 0.443 e. The molecule has 0 bridgehead atoms. The lowest BCUT2D eigenvalue weighted by atomic mass is 10.1. The molecule has 192 valence electrons. The van der Waals surface area contributed by atoms with E-state index in [4.69, 9.17) is 21.3 Å². The Morgan fingerprint density at radius 2 is 1.89 bits per heavy atom. The lowest BCUT2D eigenvalue weighted by Gasteiger charge is -2.27. The van der Waals surface area contributed by atoms with Gasteiger partial charge in [0.25, 0.3) is 6.43 Å². The first-order valence-electron chi connectivity index (χ1n) is 10.8. The molecule has 2 aliphatic rings. The number of rotatable bonds is 5. The van der Waals surface area contributed by atoms with Gasteiger partial charge in [-0.25, -0.2) is 32.9 Å². The maximum absolute atomic E-state index is 14.2. The van der Waals surface area contributed by atoms with Crippen molar-refractivity contribution in [2.24, 2.45) is 5.92 Å². The number of alkyl halides is 2. The third kappa shape index (κ3) is 7.26. The maximum atomic E-state index is 14.2. The van der Waals surface area contributed by atoms with E-state index in [1.165, 1.54) is 17.3 Å². The summed E-state index contributed by atoms with van der Waals surface area (Å²) in [5.41, 5.74) is 11.5. The highest BCUT2D eigenvalue weighted by Crippen LogP contribution is 2.25. The molecule has 2 saturated heterocycles. The number of likely N-dealkylation sites (tertiary alicyclic amines) is 1. The summed E-state index contributed by atoms with van der Waals surface area (Å²) < 4.78 is 47.1. The number of morpholine rings is 1. The van der Waals surface area contributed by atoms with Crippen LogP contribution >= 0.6 is 0 Å². The molecule has 15 heteroatoms. The second-order valence-electron chi connectivity index (χ2n) is 7.75. The van der Waals surface area contributed by atoms with Crippen molar-refractivity contribution in [3.05, 3.63) is 18.2 Å². The molecule has 35 heavy (non-hydrogen) atoms. The van der Waals surface area contributed by atoms with Crippen molar-refractivity contribution in [3.8, 4) is 11.3 Å². The first kappa shape index (κ1) is 26.2. The number of carbonyl (C=O) groups is 1. The highest BCUT2D eigenvalue weighted by molar-refractivity contribution is 5.68. The number of halogens is 3. The smallest absolute Gasteiger partial charge is 0.409 e. The monoisotopic (exact) mass is 500 g/mol. The number of hydrogen-bond donors (Lipinski definition) is 3. The molecule has 1 unspecified atom stereocenters. The van der Waals surface area contributed by atoms with Gasteiger partial charge in [0, 0.05) is 56.7 Å². The number of aliphatic hydroxyl groups is 1. The SMILES string of the molecule is Nc1ncc(-c2nc(N3CCOCC3)nc(N)c2F)cn1.O=C(OCC(F)F)N1CCC(CO)C1. The molecule has 0 radical (unpaired) electrons. The second-order valence-corrected chi connectivity index (χ2v) is 7.75. The fourth-order valence-electron chi connectivity index (χ4n) is 3.38. The molecular weight excluding hydrogens is 473 g/mol. The van der Waals surface area contributed by atoms with Crippen LogP contribution in [0.25, 0.3) is 11.3 Å². The summed E-state index contributed by atoms with van der Waals surface area (Å²) >= 11 is 0. The van der Waals surface area contributed by atoms with Crippen molar-refractivity contribution in [1.82, 2.24) is 24.8 Å². The van der Waals surface area contributed by atoms with Crippen LogP contribution in [-0.4, -0.2) is 95.1 Å². The van der Waals surface area contributed by atoms with E-state index in [9.17, 15) is 18.0 Å². The van der Waals surface area contributed by atoms with E-state index in [1.54, 1.807) is 0 Å². The van der Waals surface area contributed by atoms with Crippen molar-refractivity contribution in [3.63, 3.8) is 0 Å². The number of nitrogen functional groups attached to an aromatic ring is 2. The Balaban J connectivity index is 0.000000214. The van der Waals surface area contributed by atoms with Crippen LogP contribution in [0.3, 0.4) is 0 Å². The zero-order chi connectivity index (χ0) is 25.4. The van der Waals surface area contributed by atoms with E-state index >= 15 is 0 Å². The highest BCUT2D eigenvalue weighted by Gasteiger charge is 2.27. The van der Waals surface area contributed by atoms with Gasteiger partial charge in [-0.2, -0.15) is 4.98 Å². The second kappa shape index (κ2) is 12.3. The molecule has 2 aliphatic heterocycles. The van der Waals surface area contributed by atoms with E-state index in [1.807, 2.05) is 4.90 Å². The van der Waals surface area contributed by atoms with Crippen LogP contribution < -0.4 is 16.4 Å². The summed E-state index contributed by atoms with van der Waals surface area (Å²) in [4.78, 5) is 30.2. The summed E-state index contributed by atoms with van der Waals surface area (Å²) in [6, 6.07) is 0. The molecule has 1 amide bonds. The molecule has 2 fully saturated rings. The van der Waals surface area contributed by atoms with E-state index in [-0.39, 0.29) is 30.0 Å². The number of hydrogen-bond acceptors (Lipinski definition) is 11. The summed E-state index contributed by atoms with van der Waals surface area (Å²) in [6.45, 7) is 2.40. The average Bonchev–Trinajstić information content (AvgIpc) is 3.35. The van der Waals surface area contributed by atoms with Gasteiger partial charge in [0.05, 0.1) is 13.2 Å². The summed E-state index contributed by atoms with van der Waals surface area (Å²) in [5.74, 6) is -0.383. The van der Waals surface area contributed by atoms with Gasteiger partial charge in [-0.1, -0.05) is 0 Å². The van der Waals surface area contributed by atoms with Crippen LogP contribution in [0.1, 0.15) is 6.42 Å². The predicted molar refractivity (Wildman–Crippen MR) is 119 cm³/mol. The average molecular weight is 500 g/mol. The standard InChI is InChI=1S/C12H14FN7O.C8H13F2NO3/c13-8-9(7-5-16-11(15)17-6-7)18-12(19-10(8)14)20-1-3-21-4-2-20;9-7(10)5-14-8(13)11-2-1-6(3-11)4-12/h5-6H,1-4H2,(H2,14,18,19)(H2,15,16,17);6-7,12H,1-5H2. The molecule has 4 rings (SSSR count). The van der Waals surface area contributed by atoms with E-state index in [0.717, 1.165) is 0 Å². The maximum Gasteiger partial charge on any atom is 0.409 e. The Labute approximate surface area is 199 Å². The Hall–Kier alpha value is -3.46. The number of aromatic nitrogens is 4. The van der Waals surface area contributed by atoms with Crippen LogP contribution in [0.5, 0.6) is 0 Å². The predicted octanol–water partition coefficient (Wildman–Crippen LogP) is 0.776. The first-order valence-corrected chi connectivity index (χ1v) is 10.8. The summed E-state index contributed by atoms with van der Waals surface area (Å²) in [5, 5.41) is 8.78. The fraction of sp³-hybridized carbons (Fsp3) is 0.550. The Morgan fingerprint density at radius 3 is 2.49 bits per heavy atom. The van der Waals surface area contributed by atoms with Gasteiger partial charge in [0.2, 0.25) is 11.9 Å². The number of carbonyl (C=O) groups excluding carboxylic acids is 1. The Morgan fingerprint density at radius 1 is 1.20 bits per heavy atom. The van der Waals surface area contributed by atoms with Crippen molar-refractivity contribution in [2.45, 2.75) is 12.8 Å². The number of aliphatic hydroxyl groups excluding tert-OH is 1. The van der Waals surface area contributed by atoms with Crippen molar-refractivity contribution in [1.29, 1.82) is 0 Å². The number of nitrogens with zero attached hydrogens (tertiary/aromatic N) is 6. The number of anilines is 3. The van der Waals surface area contributed by atoms with Crippen molar-refractivity contribution >= 4 is 23.8 Å². The van der Waals surface area contributed by atoms with Gasteiger partial charge in [-0.15, -0.1) is 0 Å². The molecule has 1 atom stereocenters. The molecule has 0 aromatic carbocycles. The number of nitrogens with two attached hydrogens (primary N) is 2. The quantitative estimate of drug-likeness (QED) is 0.531. The molecule has 2 aromatic heterocycles. The molecular formula is C20H27F3N8O4. The molecule has 4 heterocycles. The van der Waals surface area contributed by atoms with Crippen LogP contribution in [0, 0.1) is 11.7 Å². The first-order chi connectivity index (χ1) is 16.8. The van der Waals surface area contributed by atoms with E-state index in [2.05, 4.69) is 24.7 Å².